The molecule has 0 heterocycles. The molecule has 92 valence electrons. The van der Waals surface area contributed by atoms with Crippen molar-refractivity contribution >= 4 is 11.5 Å². The van der Waals surface area contributed by atoms with Crippen LogP contribution in [-0.4, -0.2) is 5.84 Å². The third-order valence-electron chi connectivity index (χ3n) is 3.00. The second kappa shape index (κ2) is 4.77. The molecule has 1 aromatic carbocycles. The van der Waals surface area contributed by atoms with Crippen LogP contribution >= 0.6 is 0 Å². The molecule has 0 spiro atoms. The molecule has 1 saturated carbocycles. The first kappa shape index (κ1) is 12.0. The maximum atomic E-state index is 12.9. The fourth-order valence-electron chi connectivity index (χ4n) is 2.07. The Kier molecular flexibility index (Phi) is 3.36. The fourth-order valence-corrected chi connectivity index (χ4v) is 2.07. The van der Waals surface area contributed by atoms with E-state index in [9.17, 15) is 13.2 Å². The second-order valence-corrected chi connectivity index (χ2v) is 4.24. The van der Waals surface area contributed by atoms with E-state index in [0.29, 0.717) is 5.84 Å². The Morgan fingerprint density at radius 1 is 1.12 bits per heavy atom. The molecule has 17 heavy (non-hydrogen) atoms. The van der Waals surface area contributed by atoms with Crippen molar-refractivity contribution in [1.82, 2.24) is 0 Å². The number of rotatable bonds is 2. The number of nitrogens with zero attached hydrogens (tertiary/aromatic N) is 1. The van der Waals surface area contributed by atoms with Gasteiger partial charge in [-0.1, -0.05) is 12.8 Å². The van der Waals surface area contributed by atoms with Crippen molar-refractivity contribution < 1.29 is 13.2 Å². The van der Waals surface area contributed by atoms with Gasteiger partial charge in [0, 0.05) is 18.1 Å². The van der Waals surface area contributed by atoms with Crippen LogP contribution < -0.4 is 5.73 Å². The van der Waals surface area contributed by atoms with Gasteiger partial charge in [0.15, 0.2) is 17.5 Å². The number of hydrogen-bond donors (Lipinski definition) is 1. The van der Waals surface area contributed by atoms with Crippen LogP contribution in [0.25, 0.3) is 0 Å². The van der Waals surface area contributed by atoms with E-state index >= 15 is 0 Å². The van der Waals surface area contributed by atoms with Crippen LogP contribution in [0, 0.1) is 23.4 Å². The van der Waals surface area contributed by atoms with Crippen molar-refractivity contribution in [2.75, 3.05) is 0 Å². The van der Waals surface area contributed by atoms with Crippen LogP contribution in [0.3, 0.4) is 0 Å². The summed E-state index contributed by atoms with van der Waals surface area (Å²) in [7, 11) is 0. The lowest BCUT2D eigenvalue weighted by Crippen LogP contribution is -2.20. The average Bonchev–Trinajstić information content (AvgIpc) is 2.79. The first-order chi connectivity index (χ1) is 8.08. The molecule has 2 N–H and O–H groups in total. The lowest BCUT2D eigenvalue weighted by atomic mass is 10.1. The van der Waals surface area contributed by atoms with Crippen molar-refractivity contribution in [2.45, 2.75) is 25.7 Å². The summed E-state index contributed by atoms with van der Waals surface area (Å²) < 4.78 is 38.6. The molecule has 1 aliphatic rings. The van der Waals surface area contributed by atoms with Crippen LogP contribution in [0.5, 0.6) is 0 Å². The van der Waals surface area contributed by atoms with E-state index < -0.39 is 17.5 Å². The number of nitrogens with two attached hydrogens (primary N) is 1. The number of benzene rings is 1. The molecule has 2 rings (SSSR count). The molecule has 0 atom stereocenters. The Morgan fingerprint density at radius 2 is 1.65 bits per heavy atom. The minimum absolute atomic E-state index is 0.0193. The van der Waals surface area contributed by atoms with Gasteiger partial charge in [-0.15, -0.1) is 0 Å². The Labute approximate surface area is 97.3 Å². The van der Waals surface area contributed by atoms with E-state index in [1.54, 1.807) is 0 Å². The summed E-state index contributed by atoms with van der Waals surface area (Å²) in [6, 6.07) is 1.69. The topological polar surface area (TPSA) is 38.4 Å². The zero-order valence-electron chi connectivity index (χ0n) is 9.22. The van der Waals surface area contributed by atoms with E-state index in [0.717, 1.165) is 37.8 Å². The van der Waals surface area contributed by atoms with Crippen LogP contribution in [0.2, 0.25) is 0 Å². The van der Waals surface area contributed by atoms with Crippen LogP contribution in [0.4, 0.5) is 18.9 Å². The predicted octanol–water partition coefficient (Wildman–Crippen LogP) is 3.28. The third kappa shape index (κ3) is 2.60. The van der Waals surface area contributed by atoms with Gasteiger partial charge in [-0.05, 0) is 12.8 Å². The van der Waals surface area contributed by atoms with Gasteiger partial charge in [-0.3, -0.25) is 0 Å². The molecule has 0 bridgehead atoms. The molecule has 0 radical (unpaired) electrons. The molecule has 2 nitrogen and oxygen atoms in total. The zero-order chi connectivity index (χ0) is 12.4. The molecule has 1 fully saturated rings. The summed E-state index contributed by atoms with van der Waals surface area (Å²) in [5.41, 5.74) is 5.78. The average molecular weight is 242 g/mol. The molecule has 5 heteroatoms. The minimum Gasteiger partial charge on any atom is -0.387 e. The number of hydrogen-bond acceptors (Lipinski definition) is 1. The lowest BCUT2D eigenvalue weighted by Gasteiger charge is -2.08. The smallest absolute Gasteiger partial charge is 0.194 e. The zero-order valence-corrected chi connectivity index (χ0v) is 9.22. The maximum Gasteiger partial charge on any atom is 0.194 e. The van der Waals surface area contributed by atoms with Gasteiger partial charge in [-0.25, -0.2) is 18.2 Å². The summed E-state index contributed by atoms with van der Waals surface area (Å²) >= 11 is 0. The van der Waals surface area contributed by atoms with Crippen LogP contribution in [0.1, 0.15) is 25.7 Å². The Bertz CT molecular complexity index is 428. The van der Waals surface area contributed by atoms with E-state index in [1.807, 2.05) is 0 Å². The Balaban J connectivity index is 2.25. The largest absolute Gasteiger partial charge is 0.387 e. The molecule has 1 aromatic rings. The molecular weight excluding hydrogens is 229 g/mol. The van der Waals surface area contributed by atoms with Crippen molar-refractivity contribution in [3.63, 3.8) is 0 Å². The maximum absolute atomic E-state index is 12.9. The van der Waals surface area contributed by atoms with Crippen molar-refractivity contribution in [1.29, 1.82) is 0 Å². The van der Waals surface area contributed by atoms with Crippen LogP contribution in [0.15, 0.2) is 17.1 Å². The van der Waals surface area contributed by atoms with Gasteiger partial charge in [0.2, 0.25) is 0 Å². The van der Waals surface area contributed by atoms with E-state index in [-0.39, 0.29) is 11.6 Å². The summed E-state index contributed by atoms with van der Waals surface area (Å²) in [6.07, 6.45) is 4.07. The molecule has 0 unspecified atom stereocenters. The van der Waals surface area contributed by atoms with E-state index in [2.05, 4.69) is 4.99 Å². The fraction of sp³-hybridized carbons (Fsp3) is 0.417. The molecule has 0 aliphatic heterocycles. The van der Waals surface area contributed by atoms with Crippen molar-refractivity contribution in [3.05, 3.63) is 29.6 Å². The molecular formula is C12H13F3N2. The first-order valence-corrected chi connectivity index (χ1v) is 5.56. The summed E-state index contributed by atoms with van der Waals surface area (Å²) in [5, 5.41) is 0. The standard InChI is InChI=1S/C12H13F3N2/c13-9-5-8(6-10(14)11(9)15)17-12(16)7-3-1-2-4-7/h5-7H,1-4H2,(H2,16,17). The Morgan fingerprint density at radius 3 is 2.18 bits per heavy atom. The van der Waals surface area contributed by atoms with Gasteiger partial charge in [0.1, 0.15) is 5.84 Å². The molecule has 0 aromatic heterocycles. The lowest BCUT2D eigenvalue weighted by molar-refractivity contribution is 0.447. The van der Waals surface area contributed by atoms with Gasteiger partial charge in [-0.2, -0.15) is 0 Å². The quantitative estimate of drug-likeness (QED) is 0.482. The van der Waals surface area contributed by atoms with Crippen molar-refractivity contribution in [3.8, 4) is 0 Å². The highest BCUT2D eigenvalue weighted by atomic mass is 19.2. The highest BCUT2D eigenvalue weighted by Crippen LogP contribution is 2.27. The van der Waals surface area contributed by atoms with Gasteiger partial charge < -0.3 is 5.73 Å². The number of amidine groups is 1. The molecule has 0 saturated heterocycles. The van der Waals surface area contributed by atoms with E-state index in [1.165, 1.54) is 0 Å². The monoisotopic (exact) mass is 242 g/mol. The Hall–Kier alpha value is -1.52. The minimum atomic E-state index is -1.48. The van der Waals surface area contributed by atoms with Crippen molar-refractivity contribution in [2.24, 2.45) is 16.6 Å². The normalized spacial score (nSPS) is 17.7. The van der Waals surface area contributed by atoms with Gasteiger partial charge in [0.25, 0.3) is 0 Å². The highest BCUT2D eigenvalue weighted by Gasteiger charge is 2.19. The summed E-state index contributed by atoms with van der Waals surface area (Å²) in [4.78, 5) is 3.95. The molecule has 1 aliphatic carbocycles. The molecule has 0 amide bonds. The third-order valence-corrected chi connectivity index (χ3v) is 3.00. The van der Waals surface area contributed by atoms with E-state index in [4.69, 9.17) is 5.73 Å². The number of halogens is 3. The highest BCUT2D eigenvalue weighted by molar-refractivity contribution is 5.85. The summed E-state index contributed by atoms with van der Waals surface area (Å²) in [5.74, 6) is -3.44. The number of aliphatic imine (C=N–C) groups is 1. The first-order valence-electron chi connectivity index (χ1n) is 5.56. The van der Waals surface area contributed by atoms with Gasteiger partial charge in [0.05, 0.1) is 5.69 Å². The van der Waals surface area contributed by atoms with Gasteiger partial charge >= 0.3 is 0 Å². The van der Waals surface area contributed by atoms with Crippen LogP contribution in [-0.2, 0) is 0 Å². The SMILES string of the molecule is NC(=Nc1cc(F)c(F)c(F)c1)C1CCCC1. The predicted molar refractivity (Wildman–Crippen MR) is 59.6 cm³/mol. The second-order valence-electron chi connectivity index (χ2n) is 4.24. The summed E-state index contributed by atoms with van der Waals surface area (Å²) in [6.45, 7) is 0.